The molecule has 0 aliphatic heterocycles. The molecular weight excluding hydrogens is 188 g/mol. The fraction of sp³-hybridized carbons (Fsp3) is 1.00. The Morgan fingerprint density at radius 2 is 1.60 bits per heavy atom. The third-order valence-corrected chi connectivity index (χ3v) is 3.51. The molecule has 0 heterocycles. The molecule has 0 bridgehead atoms. The summed E-state index contributed by atoms with van der Waals surface area (Å²) in [7, 11) is 0. The number of alkyl halides is 1. The van der Waals surface area contributed by atoms with Gasteiger partial charge in [0.05, 0.1) is 0 Å². The average Bonchev–Trinajstić information content (AvgIpc) is 1.88. The van der Waals surface area contributed by atoms with Gasteiger partial charge in [0.15, 0.2) is 0 Å². The largest absolute Gasteiger partial charge is 0.0888 e. The van der Waals surface area contributed by atoms with E-state index >= 15 is 0 Å². The van der Waals surface area contributed by atoms with E-state index in [1.54, 1.807) is 0 Å². The molecule has 0 aromatic carbocycles. The van der Waals surface area contributed by atoms with Gasteiger partial charge in [-0.15, -0.1) is 0 Å². The SMILES string of the molecule is CCC(Br)C(CC)C(C)C. The molecule has 0 aromatic heterocycles. The van der Waals surface area contributed by atoms with E-state index < -0.39 is 0 Å². The van der Waals surface area contributed by atoms with Gasteiger partial charge < -0.3 is 0 Å². The minimum Gasteiger partial charge on any atom is -0.0888 e. The lowest BCUT2D eigenvalue weighted by atomic mass is 9.89. The third kappa shape index (κ3) is 3.05. The Hall–Kier alpha value is 0.480. The molecule has 0 spiro atoms. The van der Waals surface area contributed by atoms with E-state index in [0.29, 0.717) is 0 Å². The summed E-state index contributed by atoms with van der Waals surface area (Å²) < 4.78 is 0. The van der Waals surface area contributed by atoms with E-state index in [0.717, 1.165) is 16.7 Å². The number of halogens is 1. The zero-order valence-electron chi connectivity index (χ0n) is 7.52. The van der Waals surface area contributed by atoms with Crippen LogP contribution in [0.4, 0.5) is 0 Å². The number of hydrogen-bond donors (Lipinski definition) is 0. The second-order valence-corrected chi connectivity index (χ2v) is 4.42. The molecule has 0 aliphatic rings. The normalized spacial score (nSPS) is 17.4. The Morgan fingerprint density at radius 3 is 1.70 bits per heavy atom. The van der Waals surface area contributed by atoms with Crippen molar-refractivity contribution in [3.8, 4) is 0 Å². The molecule has 0 radical (unpaired) electrons. The summed E-state index contributed by atoms with van der Waals surface area (Å²) in [6, 6.07) is 0. The van der Waals surface area contributed by atoms with Crippen LogP contribution in [0, 0.1) is 11.8 Å². The van der Waals surface area contributed by atoms with Gasteiger partial charge in [-0.1, -0.05) is 50.0 Å². The summed E-state index contributed by atoms with van der Waals surface area (Å²) in [5, 5.41) is 0. The van der Waals surface area contributed by atoms with Gasteiger partial charge in [-0.05, 0) is 18.3 Å². The molecule has 10 heavy (non-hydrogen) atoms. The molecule has 2 unspecified atom stereocenters. The maximum absolute atomic E-state index is 3.70. The molecule has 0 aliphatic carbocycles. The zero-order chi connectivity index (χ0) is 8.15. The van der Waals surface area contributed by atoms with Gasteiger partial charge in [0.25, 0.3) is 0 Å². The van der Waals surface area contributed by atoms with Crippen molar-refractivity contribution < 1.29 is 0 Å². The van der Waals surface area contributed by atoms with Gasteiger partial charge >= 0.3 is 0 Å². The van der Waals surface area contributed by atoms with Gasteiger partial charge in [-0.25, -0.2) is 0 Å². The first-order valence-electron chi connectivity index (χ1n) is 4.27. The molecule has 2 atom stereocenters. The number of rotatable bonds is 4. The molecule has 0 nitrogen and oxygen atoms in total. The van der Waals surface area contributed by atoms with Crippen molar-refractivity contribution in [1.82, 2.24) is 0 Å². The highest BCUT2D eigenvalue weighted by atomic mass is 79.9. The van der Waals surface area contributed by atoms with Crippen LogP contribution in [0.2, 0.25) is 0 Å². The molecule has 1 heteroatoms. The second kappa shape index (κ2) is 5.17. The van der Waals surface area contributed by atoms with Crippen LogP contribution in [0.15, 0.2) is 0 Å². The van der Waals surface area contributed by atoms with E-state index in [-0.39, 0.29) is 0 Å². The summed E-state index contributed by atoms with van der Waals surface area (Å²) in [6.45, 7) is 9.12. The van der Waals surface area contributed by atoms with Crippen LogP contribution < -0.4 is 0 Å². The van der Waals surface area contributed by atoms with Crippen LogP contribution in [-0.4, -0.2) is 4.83 Å². The summed E-state index contributed by atoms with van der Waals surface area (Å²) in [5.74, 6) is 1.67. The quantitative estimate of drug-likeness (QED) is 0.614. The molecule has 0 N–H and O–H groups in total. The third-order valence-electron chi connectivity index (χ3n) is 2.18. The van der Waals surface area contributed by atoms with Crippen molar-refractivity contribution in [3.05, 3.63) is 0 Å². The Kier molecular flexibility index (Phi) is 5.42. The fourth-order valence-electron chi connectivity index (χ4n) is 1.45. The average molecular weight is 207 g/mol. The van der Waals surface area contributed by atoms with Crippen molar-refractivity contribution in [1.29, 1.82) is 0 Å². The van der Waals surface area contributed by atoms with Crippen molar-refractivity contribution in [3.63, 3.8) is 0 Å². The van der Waals surface area contributed by atoms with E-state index in [1.165, 1.54) is 12.8 Å². The first-order chi connectivity index (χ1) is 4.63. The lowest BCUT2D eigenvalue weighted by Crippen LogP contribution is -2.18. The zero-order valence-corrected chi connectivity index (χ0v) is 9.11. The van der Waals surface area contributed by atoms with E-state index in [9.17, 15) is 0 Å². The van der Waals surface area contributed by atoms with Crippen LogP contribution in [0.1, 0.15) is 40.5 Å². The van der Waals surface area contributed by atoms with Crippen molar-refractivity contribution >= 4 is 15.9 Å². The van der Waals surface area contributed by atoms with Crippen molar-refractivity contribution in [2.24, 2.45) is 11.8 Å². The predicted molar refractivity (Wildman–Crippen MR) is 51.6 cm³/mol. The highest BCUT2D eigenvalue weighted by Gasteiger charge is 2.17. The van der Waals surface area contributed by atoms with Crippen LogP contribution >= 0.6 is 15.9 Å². The van der Waals surface area contributed by atoms with Crippen LogP contribution in [0.25, 0.3) is 0 Å². The first-order valence-corrected chi connectivity index (χ1v) is 5.19. The molecule has 0 rings (SSSR count). The van der Waals surface area contributed by atoms with Crippen LogP contribution in [0.3, 0.4) is 0 Å². The van der Waals surface area contributed by atoms with Gasteiger partial charge in [-0.2, -0.15) is 0 Å². The Bertz CT molecular complexity index is 78.8. The summed E-state index contributed by atoms with van der Waals surface area (Å²) in [6.07, 6.45) is 2.54. The Balaban J connectivity index is 3.80. The van der Waals surface area contributed by atoms with Gasteiger partial charge in [0, 0.05) is 4.83 Å². The molecular formula is C9H19Br. The summed E-state index contributed by atoms with van der Waals surface area (Å²) in [4.78, 5) is 0.720. The van der Waals surface area contributed by atoms with Crippen LogP contribution in [0.5, 0.6) is 0 Å². The second-order valence-electron chi connectivity index (χ2n) is 3.24. The minimum atomic E-state index is 0.720. The minimum absolute atomic E-state index is 0.720. The fourth-order valence-corrected chi connectivity index (χ4v) is 2.43. The lowest BCUT2D eigenvalue weighted by Gasteiger charge is -2.23. The van der Waals surface area contributed by atoms with Gasteiger partial charge in [-0.3, -0.25) is 0 Å². The van der Waals surface area contributed by atoms with Gasteiger partial charge in [0.1, 0.15) is 0 Å². The molecule has 0 aromatic rings. The molecule has 0 amide bonds. The summed E-state index contributed by atoms with van der Waals surface area (Å²) >= 11 is 3.70. The Morgan fingerprint density at radius 1 is 1.10 bits per heavy atom. The van der Waals surface area contributed by atoms with Crippen LogP contribution in [-0.2, 0) is 0 Å². The highest BCUT2D eigenvalue weighted by molar-refractivity contribution is 9.09. The standard InChI is InChI=1S/C9H19Br/c1-5-8(7(3)4)9(10)6-2/h7-9H,5-6H2,1-4H3. The Labute approximate surface area is 73.5 Å². The highest BCUT2D eigenvalue weighted by Crippen LogP contribution is 2.26. The van der Waals surface area contributed by atoms with E-state index in [2.05, 4.69) is 43.6 Å². The van der Waals surface area contributed by atoms with Gasteiger partial charge in [0.2, 0.25) is 0 Å². The molecule has 0 saturated heterocycles. The topological polar surface area (TPSA) is 0 Å². The predicted octanol–water partition coefficient (Wildman–Crippen LogP) is 3.84. The maximum Gasteiger partial charge on any atom is 0.0173 e. The number of hydrogen-bond acceptors (Lipinski definition) is 0. The van der Waals surface area contributed by atoms with Crippen molar-refractivity contribution in [2.45, 2.75) is 45.4 Å². The van der Waals surface area contributed by atoms with E-state index in [1.807, 2.05) is 0 Å². The molecule has 62 valence electrons. The maximum atomic E-state index is 3.70. The molecule has 0 fully saturated rings. The smallest absolute Gasteiger partial charge is 0.0173 e. The first kappa shape index (κ1) is 10.5. The van der Waals surface area contributed by atoms with E-state index in [4.69, 9.17) is 0 Å². The summed E-state index contributed by atoms with van der Waals surface area (Å²) in [5.41, 5.74) is 0. The monoisotopic (exact) mass is 206 g/mol. The lowest BCUT2D eigenvalue weighted by molar-refractivity contribution is 0.360. The van der Waals surface area contributed by atoms with Crippen molar-refractivity contribution in [2.75, 3.05) is 0 Å². The molecule has 0 saturated carbocycles.